The number of amides is 1. The second-order valence-corrected chi connectivity index (χ2v) is 2.97. The highest BCUT2D eigenvalue weighted by Gasteiger charge is 2.13. The van der Waals surface area contributed by atoms with Gasteiger partial charge in [0.05, 0.1) is 7.11 Å². The molecular formula is C9H12N2O3. The van der Waals surface area contributed by atoms with E-state index in [-0.39, 0.29) is 5.56 Å². The van der Waals surface area contributed by atoms with E-state index < -0.39 is 11.5 Å². The number of aryl methyl sites for hydroxylation is 2. The number of hydroxylamine groups is 1. The van der Waals surface area contributed by atoms with Crippen LogP contribution < -0.4 is 11.0 Å². The van der Waals surface area contributed by atoms with Crippen LogP contribution in [0.1, 0.15) is 21.6 Å². The summed E-state index contributed by atoms with van der Waals surface area (Å²) < 4.78 is 0. The lowest BCUT2D eigenvalue weighted by molar-refractivity contribution is 0.0535. The lowest BCUT2D eigenvalue weighted by Gasteiger charge is -2.05. The number of pyridine rings is 1. The van der Waals surface area contributed by atoms with E-state index in [9.17, 15) is 9.59 Å². The van der Waals surface area contributed by atoms with Crippen LogP contribution >= 0.6 is 0 Å². The molecule has 1 aromatic rings. The van der Waals surface area contributed by atoms with Crippen LogP contribution in [0.25, 0.3) is 0 Å². The minimum absolute atomic E-state index is 0.0810. The van der Waals surface area contributed by atoms with Gasteiger partial charge in [0.15, 0.2) is 0 Å². The monoisotopic (exact) mass is 196 g/mol. The number of hydrogen-bond acceptors (Lipinski definition) is 3. The van der Waals surface area contributed by atoms with Crippen molar-refractivity contribution in [3.8, 4) is 0 Å². The smallest absolute Gasteiger partial charge is 0.280 e. The Morgan fingerprint density at radius 2 is 2.14 bits per heavy atom. The summed E-state index contributed by atoms with van der Waals surface area (Å²) in [6.07, 6.45) is 0. The quantitative estimate of drug-likeness (QED) is 0.667. The highest BCUT2D eigenvalue weighted by molar-refractivity contribution is 5.94. The van der Waals surface area contributed by atoms with Crippen molar-refractivity contribution in [1.29, 1.82) is 0 Å². The molecule has 0 aromatic carbocycles. The largest absolute Gasteiger partial charge is 0.326 e. The van der Waals surface area contributed by atoms with Gasteiger partial charge in [0.1, 0.15) is 5.56 Å². The average molecular weight is 196 g/mol. The molecule has 0 bridgehead atoms. The molecule has 1 amide bonds. The van der Waals surface area contributed by atoms with Gasteiger partial charge in [-0.1, -0.05) is 0 Å². The van der Waals surface area contributed by atoms with Crippen LogP contribution in [0.3, 0.4) is 0 Å². The van der Waals surface area contributed by atoms with E-state index in [1.807, 2.05) is 0 Å². The molecule has 0 spiro atoms. The summed E-state index contributed by atoms with van der Waals surface area (Å²) >= 11 is 0. The van der Waals surface area contributed by atoms with Crippen molar-refractivity contribution < 1.29 is 9.63 Å². The normalized spacial score (nSPS) is 9.93. The zero-order valence-electron chi connectivity index (χ0n) is 8.30. The van der Waals surface area contributed by atoms with Gasteiger partial charge in [-0.3, -0.25) is 14.4 Å². The molecule has 1 aromatic heterocycles. The van der Waals surface area contributed by atoms with Crippen molar-refractivity contribution in [3.05, 3.63) is 33.2 Å². The van der Waals surface area contributed by atoms with Crippen LogP contribution in [0.5, 0.6) is 0 Å². The Morgan fingerprint density at radius 3 is 2.64 bits per heavy atom. The number of hydrogen-bond donors (Lipinski definition) is 2. The molecule has 2 N–H and O–H groups in total. The number of nitrogens with one attached hydrogen (secondary N) is 2. The molecule has 14 heavy (non-hydrogen) atoms. The zero-order chi connectivity index (χ0) is 10.7. The summed E-state index contributed by atoms with van der Waals surface area (Å²) in [4.78, 5) is 29.7. The molecular weight excluding hydrogens is 184 g/mol. The van der Waals surface area contributed by atoms with Gasteiger partial charge in [-0.15, -0.1) is 0 Å². The number of aromatic nitrogens is 1. The second-order valence-electron chi connectivity index (χ2n) is 2.97. The molecule has 0 fully saturated rings. The highest BCUT2D eigenvalue weighted by Crippen LogP contribution is 2.02. The van der Waals surface area contributed by atoms with Gasteiger partial charge < -0.3 is 4.98 Å². The Hall–Kier alpha value is -1.62. The van der Waals surface area contributed by atoms with Gasteiger partial charge in [0.25, 0.3) is 11.5 Å². The van der Waals surface area contributed by atoms with Crippen molar-refractivity contribution >= 4 is 5.91 Å². The average Bonchev–Trinajstić information content (AvgIpc) is 2.01. The first-order valence-corrected chi connectivity index (χ1v) is 4.10. The Labute approximate surface area is 81.1 Å². The Kier molecular flexibility index (Phi) is 3.03. The van der Waals surface area contributed by atoms with E-state index in [2.05, 4.69) is 15.3 Å². The van der Waals surface area contributed by atoms with E-state index in [0.717, 1.165) is 5.69 Å². The predicted molar refractivity (Wildman–Crippen MR) is 51.0 cm³/mol. The molecule has 0 unspecified atom stereocenters. The SMILES string of the molecule is CONC(=O)c1c(C)cc(C)[nH]c1=O. The minimum atomic E-state index is -0.536. The standard InChI is InChI=1S/C9H12N2O3/c1-5-4-6(2)10-8(12)7(5)9(13)11-14-3/h4H,1-3H3,(H,10,12)(H,11,13). The van der Waals surface area contributed by atoms with Crippen molar-refractivity contribution in [2.75, 3.05) is 7.11 Å². The maximum atomic E-state index is 11.4. The second kappa shape index (κ2) is 4.06. The highest BCUT2D eigenvalue weighted by atomic mass is 16.6. The van der Waals surface area contributed by atoms with Gasteiger partial charge in [-0.25, -0.2) is 5.48 Å². The Balaban J connectivity index is 3.21. The first kappa shape index (κ1) is 10.5. The molecule has 1 heterocycles. The molecule has 0 saturated heterocycles. The minimum Gasteiger partial charge on any atom is -0.326 e. The summed E-state index contributed by atoms with van der Waals surface area (Å²) in [6, 6.07) is 1.73. The maximum absolute atomic E-state index is 11.4. The van der Waals surface area contributed by atoms with Gasteiger partial charge in [-0.2, -0.15) is 0 Å². The molecule has 0 aliphatic carbocycles. The fourth-order valence-electron chi connectivity index (χ4n) is 1.28. The Morgan fingerprint density at radius 1 is 1.50 bits per heavy atom. The van der Waals surface area contributed by atoms with Crippen LogP contribution in [-0.2, 0) is 4.84 Å². The summed E-state index contributed by atoms with van der Waals surface area (Å²) in [5.74, 6) is -0.536. The summed E-state index contributed by atoms with van der Waals surface area (Å²) in [6.45, 7) is 3.46. The number of rotatable bonds is 2. The van der Waals surface area contributed by atoms with E-state index in [0.29, 0.717) is 5.56 Å². The van der Waals surface area contributed by atoms with Crippen molar-refractivity contribution in [2.24, 2.45) is 0 Å². The van der Waals surface area contributed by atoms with E-state index in [4.69, 9.17) is 0 Å². The van der Waals surface area contributed by atoms with E-state index >= 15 is 0 Å². The van der Waals surface area contributed by atoms with Crippen LogP contribution in [0, 0.1) is 13.8 Å². The molecule has 0 saturated carbocycles. The molecule has 0 atom stereocenters. The molecule has 76 valence electrons. The lowest BCUT2D eigenvalue weighted by atomic mass is 10.1. The molecule has 0 aliphatic heterocycles. The molecule has 1 rings (SSSR count). The third-order valence-electron chi connectivity index (χ3n) is 1.79. The van der Waals surface area contributed by atoms with Gasteiger partial charge >= 0.3 is 0 Å². The van der Waals surface area contributed by atoms with E-state index in [1.54, 1.807) is 19.9 Å². The zero-order valence-corrected chi connectivity index (χ0v) is 8.30. The maximum Gasteiger partial charge on any atom is 0.280 e. The fourth-order valence-corrected chi connectivity index (χ4v) is 1.28. The predicted octanol–water partition coefficient (Wildman–Crippen LogP) is 0.283. The molecule has 5 heteroatoms. The van der Waals surface area contributed by atoms with Gasteiger partial charge in [0, 0.05) is 5.69 Å². The lowest BCUT2D eigenvalue weighted by Crippen LogP contribution is -2.30. The van der Waals surface area contributed by atoms with Gasteiger partial charge in [0.2, 0.25) is 0 Å². The summed E-state index contributed by atoms with van der Waals surface area (Å²) in [5.41, 5.74) is 3.13. The van der Waals surface area contributed by atoms with Crippen molar-refractivity contribution in [1.82, 2.24) is 10.5 Å². The topological polar surface area (TPSA) is 71.2 Å². The summed E-state index contributed by atoms with van der Waals surface area (Å²) in [5, 5.41) is 0. The first-order chi connectivity index (χ1) is 6.56. The van der Waals surface area contributed by atoms with Crippen LogP contribution in [0.15, 0.2) is 10.9 Å². The third kappa shape index (κ3) is 2.00. The number of aromatic amines is 1. The van der Waals surface area contributed by atoms with Crippen LogP contribution in [-0.4, -0.2) is 18.0 Å². The first-order valence-electron chi connectivity index (χ1n) is 4.10. The molecule has 5 nitrogen and oxygen atoms in total. The Bertz CT molecular complexity index is 409. The molecule has 0 radical (unpaired) electrons. The van der Waals surface area contributed by atoms with Crippen molar-refractivity contribution in [3.63, 3.8) is 0 Å². The number of carbonyl (C=O) groups is 1. The van der Waals surface area contributed by atoms with Gasteiger partial charge in [-0.05, 0) is 25.5 Å². The molecule has 0 aliphatic rings. The van der Waals surface area contributed by atoms with Crippen molar-refractivity contribution in [2.45, 2.75) is 13.8 Å². The van der Waals surface area contributed by atoms with Crippen LogP contribution in [0.2, 0.25) is 0 Å². The number of H-pyrrole nitrogens is 1. The fraction of sp³-hybridized carbons (Fsp3) is 0.333. The third-order valence-corrected chi connectivity index (χ3v) is 1.79. The van der Waals surface area contributed by atoms with E-state index in [1.165, 1.54) is 7.11 Å². The summed E-state index contributed by atoms with van der Waals surface area (Å²) in [7, 11) is 1.32. The van der Waals surface area contributed by atoms with Crippen LogP contribution in [0.4, 0.5) is 0 Å². The number of carbonyl (C=O) groups excluding carboxylic acids is 1.